The first kappa shape index (κ1) is 19.5. The number of aliphatic hydroxyl groups is 1. The minimum Gasteiger partial charge on any atom is -0.395 e. The van der Waals surface area contributed by atoms with Gasteiger partial charge in [-0.15, -0.1) is 6.58 Å². The second-order valence-corrected chi connectivity index (χ2v) is 7.07. The molecule has 0 aliphatic carbocycles. The van der Waals surface area contributed by atoms with E-state index < -0.39 is 0 Å². The van der Waals surface area contributed by atoms with E-state index in [0.29, 0.717) is 24.9 Å². The number of amides is 2. The third-order valence-corrected chi connectivity index (χ3v) is 4.86. The molecule has 0 aromatic heterocycles. The SMILES string of the molecule is C=CCN(CCO)C(=O)NC1C(C)CN(Cc2ccccc2)CC1C. The quantitative estimate of drug-likeness (QED) is 0.746. The van der Waals surface area contributed by atoms with Gasteiger partial charge < -0.3 is 15.3 Å². The maximum absolute atomic E-state index is 12.5. The molecule has 25 heavy (non-hydrogen) atoms. The van der Waals surface area contributed by atoms with Crippen LogP contribution in [0.3, 0.4) is 0 Å². The fourth-order valence-electron chi connectivity index (χ4n) is 3.72. The molecule has 0 saturated carbocycles. The van der Waals surface area contributed by atoms with Gasteiger partial charge in [0.2, 0.25) is 0 Å². The molecule has 0 spiro atoms. The topological polar surface area (TPSA) is 55.8 Å². The van der Waals surface area contributed by atoms with E-state index in [1.807, 2.05) is 6.07 Å². The highest BCUT2D eigenvalue weighted by Gasteiger charge is 2.33. The minimum atomic E-state index is -0.117. The van der Waals surface area contributed by atoms with Gasteiger partial charge in [0, 0.05) is 38.8 Å². The van der Waals surface area contributed by atoms with Crippen LogP contribution in [0.15, 0.2) is 43.0 Å². The van der Waals surface area contributed by atoms with Crippen LogP contribution in [0.2, 0.25) is 0 Å². The summed E-state index contributed by atoms with van der Waals surface area (Å²) in [4.78, 5) is 16.6. The van der Waals surface area contributed by atoms with E-state index in [9.17, 15) is 4.79 Å². The minimum absolute atomic E-state index is 0.0398. The van der Waals surface area contributed by atoms with Gasteiger partial charge in [-0.2, -0.15) is 0 Å². The maximum Gasteiger partial charge on any atom is 0.317 e. The summed E-state index contributed by atoms with van der Waals surface area (Å²) < 4.78 is 0. The molecule has 1 fully saturated rings. The van der Waals surface area contributed by atoms with Crippen LogP contribution in [0.5, 0.6) is 0 Å². The van der Waals surface area contributed by atoms with E-state index in [0.717, 1.165) is 19.6 Å². The van der Waals surface area contributed by atoms with Gasteiger partial charge in [0.05, 0.1) is 6.61 Å². The molecule has 2 amide bonds. The van der Waals surface area contributed by atoms with Gasteiger partial charge in [-0.05, 0) is 17.4 Å². The van der Waals surface area contributed by atoms with E-state index in [4.69, 9.17) is 5.11 Å². The number of likely N-dealkylation sites (tertiary alicyclic amines) is 1. The Bertz CT molecular complexity index is 537. The van der Waals surface area contributed by atoms with Crippen LogP contribution in [-0.4, -0.2) is 59.8 Å². The first-order valence-electron chi connectivity index (χ1n) is 9.08. The first-order chi connectivity index (χ1) is 12.0. The van der Waals surface area contributed by atoms with E-state index in [1.54, 1.807) is 11.0 Å². The van der Waals surface area contributed by atoms with Crippen LogP contribution in [0, 0.1) is 11.8 Å². The predicted molar refractivity (Wildman–Crippen MR) is 101 cm³/mol. The molecule has 0 bridgehead atoms. The molecule has 1 aromatic rings. The number of hydrogen-bond donors (Lipinski definition) is 2. The van der Waals surface area contributed by atoms with E-state index in [1.165, 1.54) is 5.56 Å². The highest BCUT2D eigenvalue weighted by atomic mass is 16.3. The molecule has 1 saturated heterocycles. The number of hydrogen-bond acceptors (Lipinski definition) is 3. The number of piperidine rings is 1. The lowest BCUT2D eigenvalue weighted by Crippen LogP contribution is -2.57. The van der Waals surface area contributed by atoms with Gasteiger partial charge in [0.25, 0.3) is 0 Å². The molecule has 2 atom stereocenters. The molecular weight excluding hydrogens is 314 g/mol. The molecule has 138 valence electrons. The fraction of sp³-hybridized carbons (Fsp3) is 0.550. The van der Waals surface area contributed by atoms with Gasteiger partial charge in [0.1, 0.15) is 0 Å². The molecule has 2 unspecified atom stereocenters. The van der Waals surface area contributed by atoms with Gasteiger partial charge in [-0.25, -0.2) is 4.79 Å². The number of nitrogens with one attached hydrogen (secondary N) is 1. The Morgan fingerprint density at radius 1 is 1.32 bits per heavy atom. The number of urea groups is 1. The average molecular weight is 345 g/mol. The second kappa shape index (κ2) is 9.59. The van der Waals surface area contributed by atoms with Crippen LogP contribution in [0.1, 0.15) is 19.4 Å². The Kier molecular flexibility index (Phi) is 7.47. The number of aliphatic hydroxyl groups excluding tert-OH is 1. The molecule has 2 rings (SSSR count). The van der Waals surface area contributed by atoms with E-state index in [-0.39, 0.29) is 18.7 Å². The maximum atomic E-state index is 12.5. The Balaban J connectivity index is 1.93. The summed E-state index contributed by atoms with van der Waals surface area (Å²) in [6.45, 7) is 11.7. The molecule has 2 N–H and O–H groups in total. The van der Waals surface area contributed by atoms with Crippen molar-refractivity contribution in [1.29, 1.82) is 0 Å². The lowest BCUT2D eigenvalue weighted by Gasteiger charge is -2.42. The van der Waals surface area contributed by atoms with Crippen molar-refractivity contribution in [2.75, 3.05) is 32.8 Å². The van der Waals surface area contributed by atoms with Crippen LogP contribution < -0.4 is 5.32 Å². The number of carbonyl (C=O) groups excluding carboxylic acids is 1. The molecule has 0 radical (unpaired) electrons. The molecule has 1 aliphatic rings. The molecule has 1 aliphatic heterocycles. The average Bonchev–Trinajstić information content (AvgIpc) is 2.58. The van der Waals surface area contributed by atoms with Crippen LogP contribution in [0.25, 0.3) is 0 Å². The second-order valence-electron chi connectivity index (χ2n) is 7.07. The summed E-state index contributed by atoms with van der Waals surface area (Å²) in [5.41, 5.74) is 1.32. The summed E-state index contributed by atoms with van der Waals surface area (Å²) in [6, 6.07) is 10.5. The number of benzene rings is 1. The van der Waals surface area contributed by atoms with E-state index >= 15 is 0 Å². The van der Waals surface area contributed by atoms with Gasteiger partial charge >= 0.3 is 6.03 Å². The standard InChI is InChI=1S/C20H31N3O2/c1-4-10-23(11-12-24)20(25)21-19-16(2)13-22(14-17(19)3)15-18-8-6-5-7-9-18/h4-9,16-17,19,24H,1,10-15H2,2-3H3,(H,21,25). The van der Waals surface area contributed by atoms with Crippen molar-refractivity contribution in [3.8, 4) is 0 Å². The largest absolute Gasteiger partial charge is 0.395 e. The summed E-state index contributed by atoms with van der Waals surface area (Å²) in [5, 5.41) is 12.3. The monoisotopic (exact) mass is 345 g/mol. The van der Waals surface area contributed by atoms with Crippen molar-refractivity contribution in [1.82, 2.24) is 15.1 Å². The lowest BCUT2D eigenvalue weighted by molar-refractivity contribution is 0.0928. The van der Waals surface area contributed by atoms with Crippen molar-refractivity contribution < 1.29 is 9.90 Å². The first-order valence-corrected chi connectivity index (χ1v) is 9.08. The third-order valence-electron chi connectivity index (χ3n) is 4.86. The van der Waals surface area contributed by atoms with Crippen molar-refractivity contribution in [2.45, 2.75) is 26.4 Å². The molecular formula is C20H31N3O2. The number of nitrogens with zero attached hydrogens (tertiary/aromatic N) is 2. The van der Waals surface area contributed by atoms with Crippen molar-refractivity contribution in [3.05, 3.63) is 48.6 Å². The smallest absolute Gasteiger partial charge is 0.317 e. The van der Waals surface area contributed by atoms with Crippen molar-refractivity contribution >= 4 is 6.03 Å². The van der Waals surface area contributed by atoms with Crippen LogP contribution >= 0.6 is 0 Å². The summed E-state index contributed by atoms with van der Waals surface area (Å²) in [5.74, 6) is 0.743. The van der Waals surface area contributed by atoms with Gasteiger partial charge in [-0.3, -0.25) is 4.90 Å². The Hall–Kier alpha value is -1.85. The number of carbonyl (C=O) groups is 1. The summed E-state index contributed by atoms with van der Waals surface area (Å²) in [7, 11) is 0. The predicted octanol–water partition coefficient (Wildman–Crippen LogP) is 2.33. The molecule has 5 nitrogen and oxygen atoms in total. The molecule has 1 aromatic carbocycles. The zero-order valence-corrected chi connectivity index (χ0v) is 15.4. The van der Waals surface area contributed by atoms with E-state index in [2.05, 4.69) is 54.9 Å². The lowest BCUT2D eigenvalue weighted by atomic mass is 9.85. The summed E-state index contributed by atoms with van der Waals surface area (Å²) in [6.07, 6.45) is 1.69. The third kappa shape index (κ3) is 5.58. The molecule has 5 heteroatoms. The van der Waals surface area contributed by atoms with Crippen LogP contribution in [-0.2, 0) is 6.54 Å². The Morgan fingerprint density at radius 3 is 2.52 bits per heavy atom. The molecule has 1 heterocycles. The Labute approximate surface area is 151 Å². The zero-order chi connectivity index (χ0) is 18.2. The highest BCUT2D eigenvalue weighted by Crippen LogP contribution is 2.23. The highest BCUT2D eigenvalue weighted by molar-refractivity contribution is 5.74. The van der Waals surface area contributed by atoms with Crippen molar-refractivity contribution in [3.63, 3.8) is 0 Å². The zero-order valence-electron chi connectivity index (χ0n) is 15.4. The van der Waals surface area contributed by atoms with Gasteiger partial charge in [-0.1, -0.05) is 50.3 Å². The fourth-order valence-corrected chi connectivity index (χ4v) is 3.72. The van der Waals surface area contributed by atoms with Gasteiger partial charge in [0.15, 0.2) is 0 Å². The van der Waals surface area contributed by atoms with Crippen molar-refractivity contribution in [2.24, 2.45) is 11.8 Å². The number of rotatable bonds is 7. The summed E-state index contributed by atoms with van der Waals surface area (Å²) >= 11 is 0. The van der Waals surface area contributed by atoms with Crippen LogP contribution in [0.4, 0.5) is 4.79 Å². The normalized spacial score (nSPS) is 23.9. The Morgan fingerprint density at radius 2 is 1.96 bits per heavy atom.